The molecule has 40 nitrogen and oxygen atoms in total. The van der Waals surface area contributed by atoms with Gasteiger partial charge in [-0.2, -0.15) is 13.2 Å². The first-order chi connectivity index (χ1) is 64.5. The lowest BCUT2D eigenvalue weighted by Gasteiger charge is -2.36. The standard InChI is InChI=1S/C92H127F3N22O18S/c1-10-12-25-72-84(129)107-65(24-18-32-101-91(98)99)82(127)112-71(81(126)104-45-77(97)122)48-136-49-78(123)106-68(35-53-28-30-58(31-29-53)92(93,94)95)87(132)114(7)52(5)79(124)109-70(41-76(96)121)89(134)117-33-19-27-73(117)85(130)108-66(40-59-44-100-50-105-59)83(128)111-67(34-51(3)4)86(131)113(6)46-60(119)37-54(36-55-42-102-63-22-16-14-20-61(55)63)75(120)39-57(47-118)80(125)110-69(38-56-43-103-64-23-17-15-21-62(56)64)88(133)116(9)74(26-13-11-2)90(135)115(72)8/h14-17,20-23,28-31,42-44,50-52,54,57,65-74,102-103,118H,10-13,18-19,24-27,32-41,45-49H2,1-9H3,(H2,96,121)(H2,97,122)(H,100,105)(H,104,126)(H,106,123)(H,107,129)(H,108,130)(H,109,124)(H,110,125)(H,111,128)(H,112,127)(H4,98,99,101)/t52-,54+,57-,65-,66-,67-,68-,69-,70-,71-,72-,73-,74-/m0/s1. The molecule has 0 bridgehead atoms. The van der Waals surface area contributed by atoms with E-state index in [2.05, 4.69) is 67.8 Å². The molecule has 5 heterocycles. The molecule has 740 valence electrons. The molecular weight excluding hydrogens is 1790 g/mol. The van der Waals surface area contributed by atoms with Crippen molar-refractivity contribution in [2.45, 2.75) is 223 Å². The van der Waals surface area contributed by atoms with Crippen molar-refractivity contribution in [2.24, 2.45) is 35.0 Å². The van der Waals surface area contributed by atoms with Crippen molar-refractivity contribution in [2.75, 3.05) is 72.5 Å². The van der Waals surface area contributed by atoms with Crippen LogP contribution in [0, 0.1) is 23.2 Å². The minimum atomic E-state index is -4.80. The number of aromatic nitrogens is 4. The molecule has 20 N–H and O–H groups in total. The number of imidazole rings is 1. The Hall–Kier alpha value is -13.3. The maximum atomic E-state index is 15.7. The SMILES string of the molecule is CCCC[C@H]1C(=O)N(C)[C@@H](CCCC)C(=O)N[C@@H](CCCNC(=N)N)C(=O)N[C@H](C(=O)NCC(N)=O)CSCC(=O)N[C@@H](Cc2ccc(C(F)(F)F)cc2)C(=O)N(C)[C@@H](C)C(=O)N[C@@H](CC(N)=O)C(=O)N2CCC[C@H]2C(=O)N[C@@H](Cc2cnc[nH]2)C(=O)N[C@@H](CC(C)C)C(=O)N(C)CC(=O)C[C@@H](Cc2c[nH]c3ccccc23)C(=O)C[C@@H](CO)C(=O)N[C@@H](Cc2c[nH]c3ccccc23)C(=O)N1C. The number of aliphatic hydroxyl groups excluding tert-OH is 1. The van der Waals surface area contributed by atoms with Gasteiger partial charge in [-0.3, -0.25) is 86.9 Å². The number of alkyl halides is 3. The number of fused-ring (bicyclic) bond motifs is 3. The van der Waals surface area contributed by atoms with Crippen LogP contribution in [-0.4, -0.2) is 295 Å². The number of halogens is 3. The molecule has 2 aliphatic rings. The van der Waals surface area contributed by atoms with Gasteiger partial charge in [0.05, 0.1) is 49.7 Å². The summed E-state index contributed by atoms with van der Waals surface area (Å²) >= 11 is 0.680. The number of benzene rings is 3. The smallest absolute Gasteiger partial charge is 0.396 e. The van der Waals surface area contributed by atoms with E-state index >= 15 is 24.0 Å². The van der Waals surface area contributed by atoms with Crippen LogP contribution >= 0.6 is 11.8 Å². The number of thioether (sulfide) groups is 1. The van der Waals surface area contributed by atoms with Gasteiger partial charge < -0.3 is 110 Å². The Morgan fingerprint density at radius 1 is 0.588 bits per heavy atom. The molecular formula is C92H127F3N22O18S. The van der Waals surface area contributed by atoms with Gasteiger partial charge in [0.25, 0.3) is 0 Å². The molecule has 0 spiro atoms. The summed E-state index contributed by atoms with van der Waals surface area (Å²) in [6, 6.07) is 0.721. The molecule has 136 heavy (non-hydrogen) atoms. The first kappa shape index (κ1) is 108. The van der Waals surface area contributed by atoms with Crippen LogP contribution in [0.4, 0.5) is 13.2 Å². The second-order valence-corrected chi connectivity index (χ2v) is 36.0. The molecule has 15 amide bonds. The Balaban J connectivity index is 1.19. The number of nitrogens with one attached hydrogen (secondary N) is 13. The Bertz CT molecular complexity index is 5230. The van der Waals surface area contributed by atoms with E-state index in [4.69, 9.17) is 22.6 Å². The monoisotopic (exact) mass is 1920 g/mol. The number of amides is 15. The van der Waals surface area contributed by atoms with Crippen molar-refractivity contribution < 1.29 is 99.8 Å². The van der Waals surface area contributed by atoms with Gasteiger partial charge in [-0.25, -0.2) is 4.98 Å². The number of unbranched alkanes of at least 4 members (excludes halogenated alkanes) is 2. The van der Waals surface area contributed by atoms with Gasteiger partial charge in [0.15, 0.2) is 11.7 Å². The number of likely N-dealkylation sites (N-methyl/N-ethyl adjacent to an activating group) is 4. The maximum Gasteiger partial charge on any atom is 0.416 e. The molecule has 2 fully saturated rings. The highest BCUT2D eigenvalue weighted by molar-refractivity contribution is 8.00. The van der Waals surface area contributed by atoms with Crippen LogP contribution in [0.1, 0.15) is 152 Å². The fourth-order valence-electron chi connectivity index (χ4n) is 16.5. The molecule has 0 aliphatic carbocycles. The maximum absolute atomic E-state index is 15.7. The van der Waals surface area contributed by atoms with Crippen LogP contribution in [-0.2, 0) is 113 Å². The van der Waals surface area contributed by atoms with E-state index in [9.17, 15) is 75.8 Å². The van der Waals surface area contributed by atoms with Crippen molar-refractivity contribution in [3.05, 3.63) is 126 Å². The van der Waals surface area contributed by atoms with E-state index in [1.807, 2.05) is 13.8 Å². The van der Waals surface area contributed by atoms with Gasteiger partial charge in [0.2, 0.25) is 88.6 Å². The second-order valence-electron chi connectivity index (χ2n) is 35.0. The van der Waals surface area contributed by atoms with Crippen LogP contribution in [0.2, 0.25) is 0 Å². The number of Topliss-reactive ketones (excluding diaryl/α,β-unsaturated/α-hetero) is 2. The summed E-state index contributed by atoms with van der Waals surface area (Å²) in [7, 11) is 5.12. The van der Waals surface area contributed by atoms with E-state index in [1.54, 1.807) is 74.8 Å². The third kappa shape index (κ3) is 31.1. The summed E-state index contributed by atoms with van der Waals surface area (Å²) in [5, 5.41) is 43.9. The number of aromatic amines is 3. The van der Waals surface area contributed by atoms with Crippen LogP contribution < -0.4 is 65.1 Å². The van der Waals surface area contributed by atoms with Gasteiger partial charge in [0.1, 0.15) is 72.2 Å². The first-order valence-electron chi connectivity index (χ1n) is 45.4. The van der Waals surface area contributed by atoms with E-state index in [1.165, 1.54) is 40.6 Å². The first-order valence-corrected chi connectivity index (χ1v) is 46.5. The highest BCUT2D eigenvalue weighted by Crippen LogP contribution is 2.32. The van der Waals surface area contributed by atoms with Gasteiger partial charge in [-0.05, 0) is 105 Å². The van der Waals surface area contributed by atoms with Crippen LogP contribution in [0.3, 0.4) is 0 Å². The molecule has 0 saturated carbocycles. The lowest BCUT2D eigenvalue weighted by Crippen LogP contribution is -2.60. The molecule has 44 heteroatoms. The van der Waals surface area contributed by atoms with Gasteiger partial charge >= 0.3 is 6.18 Å². The molecule has 3 aromatic carbocycles. The summed E-state index contributed by atoms with van der Waals surface area (Å²) in [5.41, 5.74) is 18.5. The van der Waals surface area contributed by atoms with Crippen molar-refractivity contribution >= 4 is 140 Å². The Kier molecular flexibility index (Phi) is 40.8. The number of aliphatic hydroxyl groups is 1. The summed E-state index contributed by atoms with van der Waals surface area (Å²) in [6.07, 6.45) is -0.638. The number of H-pyrrole nitrogens is 3. The topological polar surface area (TPSA) is 597 Å². The van der Waals surface area contributed by atoms with E-state index in [0.29, 0.717) is 76.1 Å². The number of guanidine groups is 1. The van der Waals surface area contributed by atoms with Gasteiger partial charge in [0, 0.05) is 131 Å². The molecule has 13 atom stereocenters. The average molecular weight is 1920 g/mol. The van der Waals surface area contributed by atoms with E-state index in [-0.39, 0.29) is 88.8 Å². The number of carbonyl (C=O) groups excluding carboxylic acids is 17. The van der Waals surface area contributed by atoms with Crippen molar-refractivity contribution in [3.63, 3.8) is 0 Å². The third-order valence-corrected chi connectivity index (χ3v) is 25.2. The zero-order chi connectivity index (χ0) is 99.9. The number of rotatable bonds is 26. The van der Waals surface area contributed by atoms with Crippen LogP contribution in [0.15, 0.2) is 97.7 Å². The Morgan fingerprint density at radius 3 is 1.76 bits per heavy atom. The van der Waals surface area contributed by atoms with Crippen molar-refractivity contribution in [3.8, 4) is 0 Å². The number of primary amides is 2. The molecule has 0 unspecified atom stereocenters. The molecule has 2 saturated heterocycles. The normalized spacial score (nSPS) is 23.4. The quantitative estimate of drug-likeness (QED) is 0.0205. The molecule has 0 radical (unpaired) electrons. The number of nitrogens with two attached hydrogens (primary N) is 3. The molecule has 8 rings (SSSR count). The summed E-state index contributed by atoms with van der Waals surface area (Å²) in [4.78, 5) is 268. The zero-order valence-electron chi connectivity index (χ0n) is 77.8. The highest BCUT2D eigenvalue weighted by atomic mass is 32.2. The minimum absolute atomic E-state index is 0.00611. The summed E-state index contributed by atoms with van der Waals surface area (Å²) in [6.45, 7) is 5.84. The van der Waals surface area contributed by atoms with E-state index in [0.717, 1.165) is 55.8 Å². The zero-order valence-corrected chi connectivity index (χ0v) is 78.7. The number of nitrogens with zero attached hydrogens (tertiary/aromatic N) is 6. The minimum Gasteiger partial charge on any atom is -0.396 e. The number of para-hydroxylation sites is 2. The lowest BCUT2D eigenvalue weighted by atomic mass is 9.85. The van der Waals surface area contributed by atoms with Crippen molar-refractivity contribution in [1.29, 1.82) is 5.41 Å². The van der Waals surface area contributed by atoms with Gasteiger partial charge in [-0.1, -0.05) is 102 Å². The summed E-state index contributed by atoms with van der Waals surface area (Å²) in [5.74, 6) is -20.4. The second kappa shape index (κ2) is 51.4. The largest absolute Gasteiger partial charge is 0.416 e. The summed E-state index contributed by atoms with van der Waals surface area (Å²) < 4.78 is 41.8. The highest BCUT2D eigenvalue weighted by Gasteiger charge is 2.45. The number of ketones is 2. The molecule has 3 aromatic heterocycles. The van der Waals surface area contributed by atoms with Crippen molar-refractivity contribution in [1.82, 2.24) is 92.3 Å². The fraction of sp³-hybridized carbons (Fsp3) is 0.533. The Morgan fingerprint density at radius 2 is 1.17 bits per heavy atom. The van der Waals surface area contributed by atoms with Gasteiger partial charge in [-0.15, -0.1) is 11.8 Å². The number of hydrogen-bond acceptors (Lipinski definition) is 21. The average Bonchev–Trinajstić information content (AvgIpc) is 1.35. The fourth-order valence-corrected chi connectivity index (χ4v) is 17.4. The number of carbonyl (C=O) groups is 17. The predicted octanol–water partition coefficient (Wildman–Crippen LogP) is 1.06. The predicted molar refractivity (Wildman–Crippen MR) is 497 cm³/mol. The van der Waals surface area contributed by atoms with Crippen LogP contribution in [0.25, 0.3) is 21.8 Å². The third-order valence-electron chi connectivity index (χ3n) is 24.2. The Labute approximate surface area is 789 Å². The lowest BCUT2D eigenvalue weighted by molar-refractivity contribution is -0.149. The van der Waals surface area contributed by atoms with Crippen LogP contribution in [0.5, 0.6) is 0 Å². The van der Waals surface area contributed by atoms with E-state index < -0.39 is 253 Å². The molecule has 6 aromatic rings. The number of hydrogen-bond donors (Lipinski definition) is 17. The molecule has 2 aliphatic heterocycles.